The van der Waals surface area contributed by atoms with Crippen molar-refractivity contribution in [2.75, 3.05) is 0 Å². The number of hydrogen-bond acceptors (Lipinski definition) is 3. The number of aromatic nitrogens is 4. The maximum absolute atomic E-state index is 5.64. The van der Waals surface area contributed by atoms with Crippen LogP contribution < -0.4 is 0 Å². The highest BCUT2D eigenvalue weighted by atomic mass is 15.0. The molecule has 0 N–H and O–H groups in total. The van der Waals surface area contributed by atoms with Gasteiger partial charge in [0, 0.05) is 60.4 Å². The lowest BCUT2D eigenvalue weighted by molar-refractivity contribution is 1.18. The Labute approximate surface area is 387 Å². The number of hydrogen-bond donors (Lipinski definition) is 0. The minimum absolute atomic E-state index is 0.691. The fourth-order valence-electron chi connectivity index (χ4n) is 9.99. The molecule has 0 atom stereocenters. The van der Waals surface area contributed by atoms with Gasteiger partial charge in [-0.15, -0.1) is 0 Å². The monoisotopic (exact) mass is 852 g/mol. The molecule has 67 heavy (non-hydrogen) atoms. The molecule has 0 unspecified atom stereocenters. The van der Waals surface area contributed by atoms with Gasteiger partial charge in [-0.3, -0.25) is 0 Å². The lowest BCUT2D eigenvalue weighted by Gasteiger charge is -2.16. The van der Waals surface area contributed by atoms with Crippen LogP contribution in [0.5, 0.6) is 0 Å². The minimum Gasteiger partial charge on any atom is -0.309 e. The third kappa shape index (κ3) is 6.65. The highest BCUT2D eigenvalue weighted by Gasteiger charge is 2.18. The second-order valence-corrected chi connectivity index (χ2v) is 17.1. The van der Waals surface area contributed by atoms with Crippen molar-refractivity contribution in [2.45, 2.75) is 0 Å². The molecule has 10 aromatic carbocycles. The van der Waals surface area contributed by atoms with Gasteiger partial charge in [0.05, 0.1) is 33.6 Å². The topological polar surface area (TPSA) is 43.6 Å². The summed E-state index contributed by atoms with van der Waals surface area (Å²) in [7, 11) is 0. The van der Waals surface area contributed by atoms with Gasteiger partial charge in [-0.1, -0.05) is 206 Å². The largest absolute Gasteiger partial charge is 0.309 e. The molecule has 312 valence electrons. The molecule has 0 amide bonds. The molecule has 13 rings (SSSR count). The van der Waals surface area contributed by atoms with Crippen molar-refractivity contribution in [3.8, 4) is 73.1 Å². The summed E-state index contributed by atoms with van der Waals surface area (Å²) in [5, 5.41) is 8.41. The molecule has 3 heterocycles. The molecular weight excluding hydrogens is 813 g/mol. The van der Waals surface area contributed by atoms with E-state index in [4.69, 9.17) is 15.0 Å². The molecule has 4 heteroatoms. The van der Waals surface area contributed by atoms with Gasteiger partial charge in [0.15, 0.2) is 5.82 Å². The quantitative estimate of drug-likeness (QED) is 0.150. The fourth-order valence-corrected chi connectivity index (χ4v) is 9.99. The third-order valence-corrected chi connectivity index (χ3v) is 13.2. The van der Waals surface area contributed by atoms with Gasteiger partial charge in [0.25, 0.3) is 0 Å². The van der Waals surface area contributed by atoms with Gasteiger partial charge in [0.2, 0.25) is 0 Å². The summed E-state index contributed by atoms with van der Waals surface area (Å²) in [6.07, 6.45) is 0. The molecule has 0 saturated carbocycles. The number of fused-ring (bicyclic) bond motifs is 8. The molecular formula is C63H40N4. The van der Waals surface area contributed by atoms with Crippen LogP contribution >= 0.6 is 0 Å². The van der Waals surface area contributed by atoms with Crippen molar-refractivity contribution < 1.29 is 0 Å². The molecule has 0 fully saturated rings. The first-order valence-corrected chi connectivity index (χ1v) is 22.8. The maximum atomic E-state index is 5.64. The van der Waals surface area contributed by atoms with Crippen molar-refractivity contribution in [3.05, 3.63) is 243 Å². The van der Waals surface area contributed by atoms with E-state index in [2.05, 4.69) is 211 Å². The molecule has 0 aliphatic heterocycles. The average Bonchev–Trinajstić information content (AvgIpc) is 3.75. The Bertz CT molecular complexity index is 3890. The Morgan fingerprint density at radius 3 is 1.52 bits per heavy atom. The first kappa shape index (κ1) is 38.5. The molecule has 0 saturated heterocycles. The lowest BCUT2D eigenvalue weighted by atomic mass is 9.92. The van der Waals surface area contributed by atoms with Crippen LogP contribution in [0.4, 0.5) is 0 Å². The van der Waals surface area contributed by atoms with Crippen LogP contribution in [0.3, 0.4) is 0 Å². The first-order valence-electron chi connectivity index (χ1n) is 22.8. The van der Waals surface area contributed by atoms with Gasteiger partial charge in [-0.05, 0) is 63.9 Å². The van der Waals surface area contributed by atoms with Crippen LogP contribution in [0.15, 0.2) is 243 Å². The molecule has 3 aromatic heterocycles. The van der Waals surface area contributed by atoms with E-state index in [9.17, 15) is 0 Å². The molecule has 0 aliphatic rings. The Morgan fingerprint density at radius 1 is 0.299 bits per heavy atom. The maximum Gasteiger partial charge on any atom is 0.160 e. The predicted molar refractivity (Wildman–Crippen MR) is 279 cm³/mol. The van der Waals surface area contributed by atoms with Crippen molar-refractivity contribution >= 4 is 54.3 Å². The lowest BCUT2D eigenvalue weighted by Crippen LogP contribution is -1.96. The van der Waals surface area contributed by atoms with Gasteiger partial charge in [-0.25, -0.2) is 15.0 Å². The van der Waals surface area contributed by atoms with Gasteiger partial charge < -0.3 is 4.57 Å². The van der Waals surface area contributed by atoms with Crippen LogP contribution in [0, 0.1) is 0 Å². The number of rotatable bonds is 7. The second kappa shape index (κ2) is 15.9. The Morgan fingerprint density at radius 2 is 0.836 bits per heavy atom. The van der Waals surface area contributed by atoms with Crippen LogP contribution in [0.2, 0.25) is 0 Å². The molecule has 13 aromatic rings. The Hall–Kier alpha value is -8.99. The van der Waals surface area contributed by atoms with E-state index < -0.39 is 0 Å². The average molecular weight is 853 g/mol. The summed E-state index contributed by atoms with van der Waals surface area (Å²) < 4.78 is 2.37. The highest BCUT2D eigenvalue weighted by molar-refractivity contribution is 6.24. The third-order valence-electron chi connectivity index (χ3n) is 13.2. The first-order chi connectivity index (χ1) is 33.2. The van der Waals surface area contributed by atoms with Gasteiger partial charge in [0.1, 0.15) is 0 Å². The van der Waals surface area contributed by atoms with Crippen molar-refractivity contribution in [1.29, 1.82) is 0 Å². The SMILES string of the molecule is c1ccc(-c2cc(-c3ccccc3)nc(-c3ccc(-c4cccc(-c5nc6c(-c7ccc(-n8c9ccccc9c9ccccc98)cc7)cccc6c6c5ccc5ccccc56)c4)cc3)n2)cc1. The summed E-state index contributed by atoms with van der Waals surface area (Å²) in [4.78, 5) is 15.8. The van der Waals surface area contributed by atoms with Crippen molar-refractivity contribution in [2.24, 2.45) is 0 Å². The fraction of sp³-hybridized carbons (Fsp3) is 0. The summed E-state index contributed by atoms with van der Waals surface area (Å²) in [6, 6.07) is 86.3. The van der Waals surface area contributed by atoms with E-state index in [0.717, 1.165) is 83.6 Å². The van der Waals surface area contributed by atoms with E-state index in [-0.39, 0.29) is 0 Å². The van der Waals surface area contributed by atoms with Gasteiger partial charge in [-0.2, -0.15) is 0 Å². The summed E-state index contributed by atoms with van der Waals surface area (Å²) in [5.41, 5.74) is 15.8. The number of benzene rings is 10. The predicted octanol–water partition coefficient (Wildman–Crippen LogP) is 16.4. The van der Waals surface area contributed by atoms with Crippen LogP contribution in [-0.4, -0.2) is 19.5 Å². The number of nitrogens with zero attached hydrogens (tertiary/aromatic N) is 4. The zero-order valence-corrected chi connectivity index (χ0v) is 36.4. The highest BCUT2D eigenvalue weighted by Crippen LogP contribution is 2.41. The van der Waals surface area contributed by atoms with Crippen molar-refractivity contribution in [1.82, 2.24) is 19.5 Å². The molecule has 0 radical (unpaired) electrons. The van der Waals surface area contributed by atoms with E-state index in [1.165, 1.54) is 38.0 Å². The van der Waals surface area contributed by atoms with E-state index in [0.29, 0.717) is 5.82 Å². The molecule has 0 bridgehead atoms. The van der Waals surface area contributed by atoms with E-state index >= 15 is 0 Å². The summed E-state index contributed by atoms with van der Waals surface area (Å²) >= 11 is 0. The Balaban J connectivity index is 0.918. The molecule has 4 nitrogen and oxygen atoms in total. The Kier molecular flexibility index (Phi) is 9.14. The van der Waals surface area contributed by atoms with Gasteiger partial charge >= 0.3 is 0 Å². The molecule has 0 aliphatic carbocycles. The van der Waals surface area contributed by atoms with Crippen molar-refractivity contribution in [3.63, 3.8) is 0 Å². The minimum atomic E-state index is 0.691. The zero-order valence-electron chi connectivity index (χ0n) is 36.4. The second-order valence-electron chi connectivity index (χ2n) is 17.1. The van der Waals surface area contributed by atoms with Crippen LogP contribution in [0.1, 0.15) is 0 Å². The number of para-hydroxylation sites is 3. The van der Waals surface area contributed by atoms with E-state index in [1.54, 1.807) is 0 Å². The zero-order chi connectivity index (χ0) is 44.3. The molecule has 0 spiro atoms. The normalized spacial score (nSPS) is 11.6. The summed E-state index contributed by atoms with van der Waals surface area (Å²) in [5.74, 6) is 0.691. The standard InChI is InChI=1S/C63H40N4/c1-3-16-44(17-4-1)56-40-57(45-18-5-2-6-19-45)65-63(64-56)46-31-29-41(30-32-46)47-20-13-21-48(39-47)61-55-38-35-42-15-7-8-22-50(42)60(55)54-26-14-25-51(62(54)66-61)43-33-36-49(37-34-43)67-58-27-11-9-23-52(58)53-24-10-12-28-59(53)67/h1-40H. The smallest absolute Gasteiger partial charge is 0.160 e. The van der Waals surface area contributed by atoms with Crippen LogP contribution in [0.25, 0.3) is 127 Å². The van der Waals surface area contributed by atoms with E-state index in [1.807, 2.05) is 36.4 Å². The summed E-state index contributed by atoms with van der Waals surface area (Å²) in [6.45, 7) is 0. The number of pyridine rings is 1. The van der Waals surface area contributed by atoms with Crippen LogP contribution in [-0.2, 0) is 0 Å².